The fourth-order valence-electron chi connectivity index (χ4n) is 1.68. The Hall–Kier alpha value is -1.00. The summed E-state index contributed by atoms with van der Waals surface area (Å²) in [5.41, 5.74) is 1.23. The average molecular weight is 222 g/mol. The van der Waals surface area contributed by atoms with Crippen molar-refractivity contribution in [1.82, 2.24) is 0 Å². The summed E-state index contributed by atoms with van der Waals surface area (Å²) in [5, 5.41) is 9.53. The lowest BCUT2D eigenvalue weighted by Crippen LogP contribution is -1.97. The number of rotatable bonds is 5. The van der Waals surface area contributed by atoms with E-state index in [0.29, 0.717) is 12.3 Å². The molecule has 15 heavy (non-hydrogen) atoms. The normalized spacial score (nSPS) is 12.1. The molecule has 80 valence electrons. The summed E-state index contributed by atoms with van der Waals surface area (Å²) in [4.78, 5) is 0. The van der Waals surface area contributed by atoms with E-state index in [0.717, 1.165) is 11.4 Å². The average Bonchev–Trinajstić information content (AvgIpc) is 2.25. The maximum atomic E-state index is 8.78. The highest BCUT2D eigenvalue weighted by Crippen LogP contribution is 2.26. The van der Waals surface area contributed by atoms with Crippen LogP contribution in [0.15, 0.2) is 24.3 Å². The molecule has 0 fully saturated rings. The van der Waals surface area contributed by atoms with Crippen LogP contribution >= 0.6 is 11.6 Å². The Labute approximate surface area is 96.7 Å². The highest BCUT2D eigenvalue weighted by molar-refractivity contribution is 6.30. The predicted octanol–water partition coefficient (Wildman–Crippen LogP) is 4.53. The van der Waals surface area contributed by atoms with E-state index in [-0.39, 0.29) is 0 Å². The smallest absolute Gasteiger partial charge is 0.0628 e. The molecule has 0 saturated carbocycles. The molecule has 1 aromatic carbocycles. The van der Waals surface area contributed by atoms with E-state index < -0.39 is 0 Å². The molecule has 0 radical (unpaired) electrons. The minimum Gasteiger partial charge on any atom is -0.198 e. The molecule has 0 N–H and O–H groups in total. The fraction of sp³-hybridized carbons (Fsp3) is 0.462. The minimum absolute atomic E-state index is 0.368. The van der Waals surface area contributed by atoms with Gasteiger partial charge < -0.3 is 0 Å². The van der Waals surface area contributed by atoms with Gasteiger partial charge in [-0.05, 0) is 30.0 Å². The molecule has 0 bridgehead atoms. The van der Waals surface area contributed by atoms with Gasteiger partial charge in [0, 0.05) is 11.4 Å². The van der Waals surface area contributed by atoms with E-state index in [1.807, 2.05) is 24.3 Å². The zero-order chi connectivity index (χ0) is 11.1. The van der Waals surface area contributed by atoms with E-state index in [1.165, 1.54) is 18.4 Å². The van der Waals surface area contributed by atoms with Crippen LogP contribution in [-0.2, 0) is 0 Å². The quantitative estimate of drug-likeness (QED) is 0.717. The van der Waals surface area contributed by atoms with Gasteiger partial charge in [0.05, 0.1) is 6.07 Å². The van der Waals surface area contributed by atoms with Gasteiger partial charge in [0.25, 0.3) is 0 Å². The maximum Gasteiger partial charge on any atom is 0.0628 e. The van der Waals surface area contributed by atoms with Gasteiger partial charge >= 0.3 is 0 Å². The Kier molecular flexibility index (Phi) is 5.21. The first-order valence-corrected chi connectivity index (χ1v) is 5.78. The summed E-state index contributed by atoms with van der Waals surface area (Å²) >= 11 is 5.83. The van der Waals surface area contributed by atoms with Gasteiger partial charge in [-0.2, -0.15) is 5.26 Å². The first-order valence-electron chi connectivity index (χ1n) is 5.40. The number of nitriles is 1. The van der Waals surface area contributed by atoms with E-state index in [2.05, 4.69) is 13.0 Å². The van der Waals surface area contributed by atoms with E-state index in [4.69, 9.17) is 16.9 Å². The second-order valence-electron chi connectivity index (χ2n) is 3.75. The number of unbranched alkanes of at least 4 members (excludes halogenated alkanes) is 1. The van der Waals surface area contributed by atoms with Gasteiger partial charge in [-0.3, -0.25) is 0 Å². The molecule has 0 amide bonds. The molecule has 1 aromatic rings. The van der Waals surface area contributed by atoms with Crippen LogP contribution in [0, 0.1) is 11.3 Å². The van der Waals surface area contributed by atoms with Crippen molar-refractivity contribution < 1.29 is 0 Å². The summed E-state index contributed by atoms with van der Waals surface area (Å²) in [6, 6.07) is 10.1. The van der Waals surface area contributed by atoms with E-state index in [9.17, 15) is 0 Å². The number of nitrogens with zero attached hydrogens (tertiary/aromatic N) is 1. The maximum absolute atomic E-state index is 8.78. The molecule has 1 rings (SSSR count). The van der Waals surface area contributed by atoms with Crippen molar-refractivity contribution in [3.8, 4) is 6.07 Å². The Morgan fingerprint density at radius 2 is 2.00 bits per heavy atom. The Bertz CT molecular complexity index is 323. The SMILES string of the molecule is CCCCC(CC#N)c1ccc(Cl)cc1. The third-order valence-corrected chi connectivity index (χ3v) is 2.84. The fourth-order valence-corrected chi connectivity index (χ4v) is 1.81. The van der Waals surface area contributed by atoms with Crippen LogP contribution in [0.1, 0.15) is 44.1 Å². The van der Waals surface area contributed by atoms with Gasteiger partial charge in [-0.1, -0.05) is 43.5 Å². The van der Waals surface area contributed by atoms with Crippen LogP contribution in [0.5, 0.6) is 0 Å². The topological polar surface area (TPSA) is 23.8 Å². The van der Waals surface area contributed by atoms with Crippen molar-refractivity contribution in [3.05, 3.63) is 34.9 Å². The third kappa shape index (κ3) is 3.93. The molecule has 1 nitrogen and oxygen atoms in total. The molecule has 0 aromatic heterocycles. The lowest BCUT2D eigenvalue weighted by Gasteiger charge is -2.13. The second-order valence-corrected chi connectivity index (χ2v) is 4.19. The Morgan fingerprint density at radius 1 is 1.33 bits per heavy atom. The molecule has 0 aliphatic carbocycles. The van der Waals surface area contributed by atoms with Gasteiger partial charge in [0.15, 0.2) is 0 Å². The highest BCUT2D eigenvalue weighted by Gasteiger charge is 2.10. The summed E-state index contributed by atoms with van der Waals surface area (Å²) < 4.78 is 0. The number of halogens is 1. The van der Waals surface area contributed by atoms with Gasteiger partial charge in [0.1, 0.15) is 0 Å². The molecule has 0 aliphatic rings. The molecular weight excluding hydrogens is 206 g/mol. The third-order valence-electron chi connectivity index (χ3n) is 2.59. The largest absolute Gasteiger partial charge is 0.198 e. The molecule has 1 atom stereocenters. The van der Waals surface area contributed by atoms with Gasteiger partial charge in [-0.15, -0.1) is 0 Å². The van der Waals surface area contributed by atoms with Crippen molar-refractivity contribution in [2.75, 3.05) is 0 Å². The second kappa shape index (κ2) is 6.48. The zero-order valence-electron chi connectivity index (χ0n) is 9.04. The van der Waals surface area contributed by atoms with Crippen LogP contribution in [0.4, 0.5) is 0 Å². The Morgan fingerprint density at radius 3 is 2.53 bits per heavy atom. The Balaban J connectivity index is 2.70. The first-order chi connectivity index (χ1) is 7.27. The standard InChI is InChI=1S/C13H16ClN/c1-2-3-4-11(9-10-15)12-5-7-13(14)8-6-12/h5-8,11H,2-4,9H2,1H3. The van der Waals surface area contributed by atoms with Crippen molar-refractivity contribution in [2.24, 2.45) is 0 Å². The van der Waals surface area contributed by atoms with Gasteiger partial charge in [-0.25, -0.2) is 0 Å². The van der Waals surface area contributed by atoms with Gasteiger partial charge in [0.2, 0.25) is 0 Å². The number of benzene rings is 1. The monoisotopic (exact) mass is 221 g/mol. The number of hydrogen-bond donors (Lipinski definition) is 0. The minimum atomic E-state index is 0.368. The van der Waals surface area contributed by atoms with Crippen molar-refractivity contribution >= 4 is 11.6 Å². The van der Waals surface area contributed by atoms with E-state index in [1.54, 1.807) is 0 Å². The summed E-state index contributed by atoms with van der Waals surface area (Å²) in [6.07, 6.45) is 4.04. The molecular formula is C13H16ClN. The van der Waals surface area contributed by atoms with Crippen molar-refractivity contribution in [3.63, 3.8) is 0 Å². The molecule has 0 aliphatic heterocycles. The van der Waals surface area contributed by atoms with Crippen molar-refractivity contribution in [1.29, 1.82) is 5.26 Å². The zero-order valence-corrected chi connectivity index (χ0v) is 9.80. The predicted molar refractivity (Wildman–Crippen MR) is 63.9 cm³/mol. The summed E-state index contributed by atoms with van der Waals surface area (Å²) in [7, 11) is 0. The molecule has 2 heteroatoms. The first kappa shape index (κ1) is 12.1. The lowest BCUT2D eigenvalue weighted by molar-refractivity contribution is 0.593. The van der Waals surface area contributed by atoms with E-state index >= 15 is 0 Å². The van der Waals surface area contributed by atoms with Crippen LogP contribution in [0.2, 0.25) is 5.02 Å². The number of hydrogen-bond acceptors (Lipinski definition) is 1. The van der Waals surface area contributed by atoms with Crippen molar-refractivity contribution in [2.45, 2.75) is 38.5 Å². The molecule has 0 heterocycles. The highest BCUT2D eigenvalue weighted by atomic mass is 35.5. The molecule has 0 saturated heterocycles. The molecule has 0 spiro atoms. The summed E-state index contributed by atoms with van der Waals surface area (Å²) in [6.45, 7) is 2.17. The van der Waals surface area contributed by atoms with Crippen LogP contribution in [-0.4, -0.2) is 0 Å². The lowest BCUT2D eigenvalue weighted by atomic mass is 9.91. The molecule has 1 unspecified atom stereocenters. The van der Waals surface area contributed by atoms with Crippen LogP contribution < -0.4 is 0 Å². The van der Waals surface area contributed by atoms with Crippen LogP contribution in [0.25, 0.3) is 0 Å². The van der Waals surface area contributed by atoms with Crippen LogP contribution in [0.3, 0.4) is 0 Å². The summed E-state index contributed by atoms with van der Waals surface area (Å²) in [5.74, 6) is 0.368.